The predicted molar refractivity (Wildman–Crippen MR) is 63.2 cm³/mol. The average Bonchev–Trinajstić information content (AvgIpc) is 2.69. The summed E-state index contributed by atoms with van der Waals surface area (Å²) < 4.78 is 14.5. The number of pyridine rings is 1. The van der Waals surface area contributed by atoms with Crippen LogP contribution in [0.25, 0.3) is 0 Å². The van der Waals surface area contributed by atoms with Crippen LogP contribution >= 0.6 is 0 Å². The molecule has 2 rings (SSSR count). The highest BCUT2D eigenvalue weighted by atomic mass is 19.1. The molecule has 6 nitrogen and oxygen atoms in total. The number of nitrogens with two attached hydrogens (primary N) is 1. The third kappa shape index (κ3) is 2.51. The van der Waals surface area contributed by atoms with Crippen molar-refractivity contribution >= 4 is 11.7 Å². The van der Waals surface area contributed by atoms with Crippen molar-refractivity contribution in [1.82, 2.24) is 14.8 Å². The number of halogens is 1. The minimum Gasteiger partial charge on any atom is -0.326 e. The van der Waals surface area contributed by atoms with E-state index in [-0.39, 0.29) is 12.1 Å². The third-order valence-electron chi connectivity index (χ3n) is 2.32. The van der Waals surface area contributed by atoms with Crippen LogP contribution in [-0.4, -0.2) is 20.7 Å². The van der Waals surface area contributed by atoms with Crippen LogP contribution in [0.5, 0.6) is 0 Å². The highest BCUT2D eigenvalue weighted by Crippen LogP contribution is 2.13. The van der Waals surface area contributed by atoms with Crippen molar-refractivity contribution < 1.29 is 9.18 Å². The Kier molecular flexibility index (Phi) is 3.33. The van der Waals surface area contributed by atoms with Crippen molar-refractivity contribution in [3.8, 4) is 0 Å². The van der Waals surface area contributed by atoms with Crippen molar-refractivity contribution in [2.45, 2.75) is 6.54 Å². The SMILES string of the molecule is Cn1cc(CN)c(NC(=O)c2cncc(F)c2)n1. The van der Waals surface area contributed by atoms with Crippen LogP contribution in [0.2, 0.25) is 0 Å². The summed E-state index contributed by atoms with van der Waals surface area (Å²) in [5.74, 6) is -0.674. The smallest absolute Gasteiger partial charge is 0.258 e. The van der Waals surface area contributed by atoms with Crippen LogP contribution in [0.15, 0.2) is 24.7 Å². The van der Waals surface area contributed by atoms with Crippen molar-refractivity contribution in [3.05, 3.63) is 41.6 Å². The Morgan fingerprint density at radius 1 is 1.56 bits per heavy atom. The lowest BCUT2D eigenvalue weighted by molar-refractivity contribution is 0.102. The van der Waals surface area contributed by atoms with E-state index < -0.39 is 11.7 Å². The van der Waals surface area contributed by atoms with Gasteiger partial charge in [-0.1, -0.05) is 0 Å². The third-order valence-corrected chi connectivity index (χ3v) is 2.32. The van der Waals surface area contributed by atoms with Crippen LogP contribution in [0.1, 0.15) is 15.9 Å². The maximum absolute atomic E-state index is 12.9. The molecule has 0 saturated carbocycles. The molecule has 0 unspecified atom stereocenters. The fourth-order valence-corrected chi connectivity index (χ4v) is 1.51. The second kappa shape index (κ2) is 4.92. The van der Waals surface area contributed by atoms with Crippen LogP contribution in [-0.2, 0) is 13.6 Å². The van der Waals surface area contributed by atoms with Gasteiger partial charge in [0.05, 0.1) is 11.8 Å². The van der Waals surface area contributed by atoms with Gasteiger partial charge in [0.25, 0.3) is 5.91 Å². The maximum Gasteiger partial charge on any atom is 0.258 e. The lowest BCUT2D eigenvalue weighted by Crippen LogP contribution is -2.14. The van der Waals surface area contributed by atoms with Gasteiger partial charge >= 0.3 is 0 Å². The largest absolute Gasteiger partial charge is 0.326 e. The lowest BCUT2D eigenvalue weighted by Gasteiger charge is -2.03. The Bertz CT molecular complexity index is 581. The molecule has 2 aromatic heterocycles. The van der Waals surface area contributed by atoms with Gasteiger partial charge in [-0.15, -0.1) is 0 Å². The quantitative estimate of drug-likeness (QED) is 0.837. The first kappa shape index (κ1) is 12.2. The van der Waals surface area contributed by atoms with Gasteiger partial charge in [0, 0.05) is 31.5 Å². The molecule has 0 atom stereocenters. The second-order valence-corrected chi connectivity index (χ2v) is 3.73. The Hall–Kier alpha value is -2.28. The van der Waals surface area contributed by atoms with E-state index in [0.29, 0.717) is 11.4 Å². The number of amides is 1. The van der Waals surface area contributed by atoms with E-state index in [0.717, 1.165) is 12.3 Å². The summed E-state index contributed by atoms with van der Waals surface area (Å²) in [6, 6.07) is 1.10. The summed E-state index contributed by atoms with van der Waals surface area (Å²) in [5, 5.41) is 6.63. The highest BCUT2D eigenvalue weighted by molar-refractivity contribution is 6.03. The van der Waals surface area contributed by atoms with E-state index in [1.54, 1.807) is 17.9 Å². The highest BCUT2D eigenvalue weighted by Gasteiger charge is 2.12. The van der Waals surface area contributed by atoms with E-state index in [1.807, 2.05) is 0 Å². The second-order valence-electron chi connectivity index (χ2n) is 3.73. The van der Waals surface area contributed by atoms with Crippen LogP contribution < -0.4 is 11.1 Å². The molecule has 2 heterocycles. The summed E-state index contributed by atoms with van der Waals surface area (Å²) in [6.07, 6.45) is 4.02. The number of rotatable bonds is 3. The maximum atomic E-state index is 12.9. The molecule has 0 aliphatic rings. The number of hydrogen-bond donors (Lipinski definition) is 2. The van der Waals surface area contributed by atoms with Gasteiger partial charge in [-0.05, 0) is 6.07 Å². The monoisotopic (exact) mass is 249 g/mol. The number of carbonyl (C=O) groups is 1. The molecule has 0 bridgehead atoms. The molecule has 0 aliphatic carbocycles. The molecule has 0 fully saturated rings. The summed E-state index contributed by atoms with van der Waals surface area (Å²) in [4.78, 5) is 15.4. The number of anilines is 1. The average molecular weight is 249 g/mol. The van der Waals surface area contributed by atoms with Gasteiger partial charge in [-0.3, -0.25) is 14.5 Å². The van der Waals surface area contributed by atoms with Crippen molar-refractivity contribution in [2.75, 3.05) is 5.32 Å². The molecule has 0 spiro atoms. The Labute approximate surface area is 103 Å². The summed E-state index contributed by atoms with van der Waals surface area (Å²) in [7, 11) is 1.72. The number of aromatic nitrogens is 3. The van der Waals surface area contributed by atoms with Crippen molar-refractivity contribution in [2.24, 2.45) is 12.8 Å². The van der Waals surface area contributed by atoms with Gasteiger partial charge < -0.3 is 11.1 Å². The van der Waals surface area contributed by atoms with E-state index in [4.69, 9.17) is 5.73 Å². The van der Waals surface area contributed by atoms with Gasteiger partial charge in [-0.2, -0.15) is 5.10 Å². The zero-order valence-electron chi connectivity index (χ0n) is 9.72. The Balaban J connectivity index is 2.21. The minimum absolute atomic E-state index is 0.128. The van der Waals surface area contributed by atoms with Crippen LogP contribution in [0, 0.1) is 5.82 Å². The first-order chi connectivity index (χ1) is 8.60. The molecule has 0 saturated heterocycles. The molecule has 1 amide bonds. The molecular weight excluding hydrogens is 237 g/mol. The predicted octanol–water partition coefficient (Wildman–Crippen LogP) is 0.665. The standard InChI is InChI=1S/C11H12FN5O/c1-17-6-8(3-13)10(16-17)15-11(18)7-2-9(12)5-14-4-7/h2,4-6H,3,13H2,1H3,(H,15,16,18). The van der Waals surface area contributed by atoms with Crippen molar-refractivity contribution in [1.29, 1.82) is 0 Å². The fraction of sp³-hybridized carbons (Fsp3) is 0.182. The number of hydrogen-bond acceptors (Lipinski definition) is 4. The van der Waals surface area contributed by atoms with Gasteiger partial charge in [0.1, 0.15) is 5.82 Å². The molecule has 94 valence electrons. The molecular formula is C11H12FN5O. The van der Waals surface area contributed by atoms with Gasteiger partial charge in [0.15, 0.2) is 5.82 Å². The number of nitrogens with zero attached hydrogens (tertiary/aromatic N) is 3. The van der Waals surface area contributed by atoms with E-state index in [1.165, 1.54) is 6.20 Å². The van der Waals surface area contributed by atoms with Crippen LogP contribution in [0.4, 0.5) is 10.2 Å². The van der Waals surface area contributed by atoms with Crippen molar-refractivity contribution in [3.63, 3.8) is 0 Å². The summed E-state index contributed by atoms with van der Waals surface area (Å²) in [6.45, 7) is 0.255. The summed E-state index contributed by atoms with van der Waals surface area (Å²) >= 11 is 0. The first-order valence-corrected chi connectivity index (χ1v) is 5.24. The molecule has 0 radical (unpaired) electrons. The first-order valence-electron chi connectivity index (χ1n) is 5.24. The molecule has 0 aromatic carbocycles. The van der Waals surface area contributed by atoms with E-state index in [9.17, 15) is 9.18 Å². The van der Waals surface area contributed by atoms with Crippen LogP contribution in [0.3, 0.4) is 0 Å². The number of carbonyl (C=O) groups excluding carboxylic acids is 1. The lowest BCUT2D eigenvalue weighted by atomic mass is 10.2. The zero-order valence-corrected chi connectivity index (χ0v) is 9.72. The molecule has 18 heavy (non-hydrogen) atoms. The Morgan fingerprint density at radius 2 is 2.33 bits per heavy atom. The fourth-order valence-electron chi connectivity index (χ4n) is 1.51. The minimum atomic E-state index is -0.567. The topological polar surface area (TPSA) is 85.8 Å². The van der Waals surface area contributed by atoms with E-state index in [2.05, 4.69) is 15.4 Å². The molecule has 2 aromatic rings. The normalized spacial score (nSPS) is 10.4. The summed E-state index contributed by atoms with van der Waals surface area (Å²) in [5.41, 5.74) is 6.36. The number of nitrogens with one attached hydrogen (secondary N) is 1. The molecule has 7 heteroatoms. The number of aryl methyl sites for hydroxylation is 1. The zero-order chi connectivity index (χ0) is 13.1. The Morgan fingerprint density at radius 3 is 3.00 bits per heavy atom. The van der Waals surface area contributed by atoms with Gasteiger partial charge in [-0.25, -0.2) is 4.39 Å². The van der Waals surface area contributed by atoms with Gasteiger partial charge in [0.2, 0.25) is 0 Å². The van der Waals surface area contributed by atoms with E-state index >= 15 is 0 Å². The molecule has 0 aliphatic heterocycles. The molecule has 3 N–H and O–H groups in total.